The van der Waals surface area contributed by atoms with Crippen molar-refractivity contribution < 1.29 is 0 Å². The van der Waals surface area contributed by atoms with E-state index >= 15 is 0 Å². The van der Waals surface area contributed by atoms with Crippen molar-refractivity contribution in [2.45, 2.75) is 50.9 Å². The second-order valence-corrected chi connectivity index (χ2v) is 6.57. The summed E-state index contributed by atoms with van der Waals surface area (Å²) < 4.78 is 1.98. The molecule has 2 rings (SSSR count). The highest BCUT2D eigenvalue weighted by molar-refractivity contribution is 14.0. The Balaban J connectivity index is 0.00000242. The summed E-state index contributed by atoms with van der Waals surface area (Å²) in [4.78, 5) is 4.64. The zero-order valence-corrected chi connectivity index (χ0v) is 16.9. The van der Waals surface area contributed by atoms with Gasteiger partial charge in [0.25, 0.3) is 0 Å². The van der Waals surface area contributed by atoms with Gasteiger partial charge in [0.2, 0.25) is 0 Å². The number of nitrogens with zero attached hydrogens (tertiary/aromatic N) is 4. The number of rotatable bonds is 5. The second kappa shape index (κ2) is 9.59. The second-order valence-electron chi connectivity index (χ2n) is 5.43. The molecule has 1 aliphatic carbocycles. The van der Waals surface area contributed by atoms with Gasteiger partial charge in [0.15, 0.2) is 11.8 Å². The highest BCUT2D eigenvalue weighted by Crippen LogP contribution is 2.27. The fourth-order valence-electron chi connectivity index (χ4n) is 2.54. The molecule has 0 bridgehead atoms. The molecule has 0 aliphatic heterocycles. The third-order valence-electron chi connectivity index (χ3n) is 3.96. The Morgan fingerprint density at radius 3 is 2.73 bits per heavy atom. The van der Waals surface area contributed by atoms with Gasteiger partial charge in [-0.25, -0.2) is 4.99 Å². The van der Waals surface area contributed by atoms with Crippen LogP contribution >= 0.6 is 35.7 Å². The fourth-order valence-corrected chi connectivity index (χ4v) is 3.33. The molecule has 1 aromatic rings. The predicted molar refractivity (Wildman–Crippen MR) is 104 cm³/mol. The molecule has 1 saturated carbocycles. The number of guanidine groups is 1. The largest absolute Gasteiger partial charge is 0.357 e. The van der Waals surface area contributed by atoms with Gasteiger partial charge in [-0.1, -0.05) is 0 Å². The number of hydrogen-bond donors (Lipinski definition) is 2. The van der Waals surface area contributed by atoms with Crippen molar-refractivity contribution in [3.8, 4) is 0 Å². The SMILES string of the molecule is CCNC(=NCc1nnc(C)n1C)NC1CCC(SC)C1.I. The minimum Gasteiger partial charge on any atom is -0.357 e. The molecule has 8 heteroatoms. The molecule has 1 aromatic heterocycles. The number of halogens is 1. The van der Waals surface area contributed by atoms with Crippen LogP contribution in [0.2, 0.25) is 0 Å². The number of hydrogen-bond acceptors (Lipinski definition) is 4. The van der Waals surface area contributed by atoms with E-state index in [1.165, 1.54) is 19.3 Å². The first-order valence-electron chi connectivity index (χ1n) is 7.56. The summed E-state index contributed by atoms with van der Waals surface area (Å²) >= 11 is 1.97. The van der Waals surface area contributed by atoms with Gasteiger partial charge in [-0.05, 0) is 39.4 Å². The molecule has 22 heavy (non-hydrogen) atoms. The monoisotopic (exact) mass is 438 g/mol. The van der Waals surface area contributed by atoms with Crippen LogP contribution in [0, 0.1) is 6.92 Å². The van der Waals surface area contributed by atoms with Crippen LogP contribution in [-0.4, -0.2) is 44.8 Å². The summed E-state index contributed by atoms with van der Waals surface area (Å²) in [6, 6.07) is 0.529. The van der Waals surface area contributed by atoms with E-state index in [9.17, 15) is 0 Å². The molecule has 0 aromatic carbocycles. The number of aromatic nitrogens is 3. The van der Waals surface area contributed by atoms with Crippen molar-refractivity contribution >= 4 is 41.7 Å². The Hall–Kier alpha value is -0.510. The Labute approximate surface area is 154 Å². The number of thioether (sulfide) groups is 1. The lowest BCUT2D eigenvalue weighted by atomic mass is 10.2. The molecule has 2 atom stereocenters. The number of aryl methyl sites for hydroxylation is 1. The van der Waals surface area contributed by atoms with Crippen LogP contribution in [-0.2, 0) is 13.6 Å². The van der Waals surface area contributed by atoms with E-state index in [0.717, 1.165) is 29.4 Å². The van der Waals surface area contributed by atoms with Gasteiger partial charge in [-0.15, -0.1) is 34.2 Å². The molecule has 0 radical (unpaired) electrons. The van der Waals surface area contributed by atoms with E-state index in [1.54, 1.807) is 0 Å². The zero-order valence-electron chi connectivity index (χ0n) is 13.8. The standard InChI is InChI=1S/C14H26N6S.HI/c1-5-15-14(17-11-6-7-12(8-11)21-4)16-9-13-19-18-10(2)20(13)3;/h11-12H,5-9H2,1-4H3,(H2,15,16,17);1H. The van der Waals surface area contributed by atoms with Crippen LogP contribution in [0.25, 0.3) is 0 Å². The first-order valence-corrected chi connectivity index (χ1v) is 8.85. The third-order valence-corrected chi connectivity index (χ3v) is 5.06. The first kappa shape index (κ1) is 19.5. The Kier molecular flexibility index (Phi) is 8.52. The maximum Gasteiger partial charge on any atom is 0.191 e. The highest BCUT2D eigenvalue weighted by Gasteiger charge is 2.24. The van der Waals surface area contributed by atoms with Gasteiger partial charge >= 0.3 is 0 Å². The lowest BCUT2D eigenvalue weighted by Gasteiger charge is -2.17. The molecule has 0 spiro atoms. The fraction of sp³-hybridized carbons (Fsp3) is 0.786. The number of aliphatic imine (C=N–C) groups is 1. The van der Waals surface area contributed by atoms with Crippen LogP contribution in [0.5, 0.6) is 0 Å². The summed E-state index contributed by atoms with van der Waals surface area (Å²) in [6.45, 7) is 5.45. The minimum atomic E-state index is 0. The average Bonchev–Trinajstić information content (AvgIpc) is 3.05. The van der Waals surface area contributed by atoms with Crippen LogP contribution < -0.4 is 10.6 Å². The van der Waals surface area contributed by atoms with E-state index in [1.807, 2.05) is 30.3 Å². The van der Waals surface area contributed by atoms with Crippen molar-refractivity contribution in [2.24, 2.45) is 12.0 Å². The van der Waals surface area contributed by atoms with Gasteiger partial charge in [0, 0.05) is 24.9 Å². The van der Waals surface area contributed by atoms with Gasteiger partial charge in [-0.2, -0.15) is 11.8 Å². The molecule has 6 nitrogen and oxygen atoms in total. The lowest BCUT2D eigenvalue weighted by molar-refractivity contribution is 0.613. The summed E-state index contributed by atoms with van der Waals surface area (Å²) in [6.07, 6.45) is 5.93. The Bertz CT molecular complexity index is 490. The molecule has 0 saturated heterocycles. The highest BCUT2D eigenvalue weighted by atomic mass is 127. The summed E-state index contributed by atoms with van der Waals surface area (Å²) in [5.74, 6) is 2.68. The molecular formula is C14H27IN6S. The van der Waals surface area contributed by atoms with E-state index in [-0.39, 0.29) is 24.0 Å². The first-order chi connectivity index (χ1) is 10.1. The summed E-state index contributed by atoms with van der Waals surface area (Å²) in [5, 5.41) is 15.9. The quantitative estimate of drug-likeness (QED) is 0.419. The molecular weight excluding hydrogens is 411 g/mol. The Morgan fingerprint density at radius 2 is 2.18 bits per heavy atom. The lowest BCUT2D eigenvalue weighted by Crippen LogP contribution is -2.42. The predicted octanol–water partition coefficient (Wildman–Crippen LogP) is 2.08. The summed E-state index contributed by atoms with van der Waals surface area (Å²) in [5.41, 5.74) is 0. The molecule has 1 fully saturated rings. The minimum absolute atomic E-state index is 0. The van der Waals surface area contributed by atoms with Crippen molar-refractivity contribution in [1.82, 2.24) is 25.4 Å². The van der Waals surface area contributed by atoms with Crippen LogP contribution in [0.15, 0.2) is 4.99 Å². The van der Waals surface area contributed by atoms with Crippen molar-refractivity contribution in [1.29, 1.82) is 0 Å². The van der Waals surface area contributed by atoms with Gasteiger partial charge in [0.1, 0.15) is 12.4 Å². The van der Waals surface area contributed by atoms with Crippen molar-refractivity contribution in [3.63, 3.8) is 0 Å². The summed E-state index contributed by atoms with van der Waals surface area (Å²) in [7, 11) is 1.97. The topological polar surface area (TPSA) is 67.1 Å². The smallest absolute Gasteiger partial charge is 0.191 e. The van der Waals surface area contributed by atoms with E-state index in [4.69, 9.17) is 0 Å². The van der Waals surface area contributed by atoms with E-state index < -0.39 is 0 Å². The molecule has 1 heterocycles. The molecule has 2 unspecified atom stereocenters. The van der Waals surface area contributed by atoms with Crippen LogP contribution in [0.1, 0.15) is 37.8 Å². The average molecular weight is 438 g/mol. The van der Waals surface area contributed by atoms with Gasteiger partial charge in [-0.3, -0.25) is 0 Å². The molecule has 1 aliphatic rings. The van der Waals surface area contributed by atoms with E-state index in [2.05, 4.69) is 39.0 Å². The zero-order chi connectivity index (χ0) is 15.2. The van der Waals surface area contributed by atoms with Crippen molar-refractivity contribution in [3.05, 3.63) is 11.6 Å². The van der Waals surface area contributed by atoms with Gasteiger partial charge in [0.05, 0.1) is 0 Å². The maximum atomic E-state index is 4.64. The van der Waals surface area contributed by atoms with Gasteiger partial charge < -0.3 is 15.2 Å². The van der Waals surface area contributed by atoms with Crippen LogP contribution in [0.4, 0.5) is 0 Å². The normalized spacial score (nSPS) is 21.5. The molecule has 2 N–H and O–H groups in total. The molecule has 126 valence electrons. The van der Waals surface area contributed by atoms with E-state index in [0.29, 0.717) is 12.6 Å². The van der Waals surface area contributed by atoms with Crippen molar-refractivity contribution in [2.75, 3.05) is 12.8 Å². The maximum absolute atomic E-state index is 4.64. The number of nitrogens with one attached hydrogen (secondary N) is 2. The molecule has 0 amide bonds. The van der Waals surface area contributed by atoms with Crippen LogP contribution in [0.3, 0.4) is 0 Å². The Morgan fingerprint density at radius 1 is 1.41 bits per heavy atom. The third kappa shape index (κ3) is 5.29.